The van der Waals surface area contributed by atoms with E-state index in [9.17, 15) is 4.79 Å². The van der Waals surface area contributed by atoms with E-state index in [2.05, 4.69) is 74.6 Å². The smallest absolute Gasteiger partial charge is 0.407 e. The van der Waals surface area contributed by atoms with Gasteiger partial charge in [-0.1, -0.05) is 81.4 Å². The van der Waals surface area contributed by atoms with E-state index >= 15 is 0 Å². The van der Waals surface area contributed by atoms with Crippen molar-refractivity contribution in [2.45, 2.75) is 58.6 Å². The molecule has 0 aliphatic heterocycles. The molecule has 0 radical (unpaired) electrons. The number of benzene rings is 2. The second-order valence-corrected chi connectivity index (χ2v) is 13.6. The van der Waals surface area contributed by atoms with E-state index in [0.29, 0.717) is 13.2 Å². The number of hydrogen-bond acceptors (Lipinski definition) is 3. The minimum atomic E-state index is -2.51. The average molecular weight is 414 g/mol. The highest BCUT2D eigenvalue weighted by molar-refractivity contribution is 6.99. The van der Waals surface area contributed by atoms with Crippen LogP contribution in [0, 0.1) is 0 Å². The standard InChI is InChI=1S/C24H35NO3Si/c1-23(2,3)28-22(26)25-18-13-19-27-29(24(4,5)6,20-14-9-7-10-15-20)21-16-11-8-12-17-21/h7-12,14-17H,13,18-19H2,1-6H3,(H,25,26). The quantitative estimate of drug-likeness (QED) is 0.538. The van der Waals surface area contributed by atoms with Crippen molar-refractivity contribution in [3.05, 3.63) is 60.7 Å². The molecule has 0 saturated carbocycles. The van der Waals surface area contributed by atoms with Gasteiger partial charge in [0.25, 0.3) is 8.32 Å². The van der Waals surface area contributed by atoms with Crippen molar-refractivity contribution in [2.24, 2.45) is 0 Å². The van der Waals surface area contributed by atoms with Crippen LogP contribution in [0.3, 0.4) is 0 Å². The topological polar surface area (TPSA) is 47.6 Å². The van der Waals surface area contributed by atoms with Gasteiger partial charge in [-0.05, 0) is 42.6 Å². The zero-order chi connectivity index (χ0) is 21.5. The van der Waals surface area contributed by atoms with E-state index in [-0.39, 0.29) is 11.1 Å². The highest BCUT2D eigenvalue weighted by atomic mass is 28.4. The maximum absolute atomic E-state index is 11.9. The second-order valence-electron chi connectivity index (χ2n) is 9.29. The Kier molecular flexibility index (Phi) is 7.66. The number of hydrogen-bond donors (Lipinski definition) is 1. The zero-order valence-electron chi connectivity index (χ0n) is 18.6. The van der Waals surface area contributed by atoms with Crippen LogP contribution >= 0.6 is 0 Å². The van der Waals surface area contributed by atoms with Crippen LogP contribution in [0.1, 0.15) is 48.0 Å². The molecule has 0 aliphatic rings. The Morgan fingerprint density at radius 1 is 0.862 bits per heavy atom. The third-order valence-corrected chi connectivity index (χ3v) is 9.77. The van der Waals surface area contributed by atoms with Crippen LogP contribution in [0.25, 0.3) is 0 Å². The normalized spacial score (nSPS) is 12.5. The minimum Gasteiger partial charge on any atom is -0.444 e. The summed E-state index contributed by atoms with van der Waals surface area (Å²) < 4.78 is 12.1. The summed E-state index contributed by atoms with van der Waals surface area (Å²) in [6.07, 6.45) is 0.340. The molecule has 0 bridgehead atoms. The van der Waals surface area contributed by atoms with Gasteiger partial charge in [-0.2, -0.15) is 0 Å². The first-order valence-corrected chi connectivity index (χ1v) is 12.2. The number of carbonyl (C=O) groups is 1. The lowest BCUT2D eigenvalue weighted by Gasteiger charge is -2.43. The summed E-state index contributed by atoms with van der Waals surface area (Å²) in [5, 5.41) is 5.30. The van der Waals surface area contributed by atoms with Gasteiger partial charge in [0, 0.05) is 13.2 Å². The van der Waals surface area contributed by atoms with Gasteiger partial charge >= 0.3 is 6.09 Å². The van der Waals surface area contributed by atoms with Gasteiger partial charge in [-0.25, -0.2) is 4.79 Å². The highest BCUT2D eigenvalue weighted by Gasteiger charge is 2.49. The summed E-state index contributed by atoms with van der Waals surface area (Å²) in [4.78, 5) is 11.9. The number of alkyl carbamates (subject to hydrolysis) is 1. The SMILES string of the molecule is CC(C)(C)OC(=O)NCCCO[Si](c1ccccc1)(c1ccccc1)C(C)(C)C. The average Bonchev–Trinajstić information content (AvgIpc) is 2.63. The van der Waals surface area contributed by atoms with Crippen LogP contribution in [0.5, 0.6) is 0 Å². The van der Waals surface area contributed by atoms with Crippen LogP contribution in [-0.2, 0) is 9.16 Å². The van der Waals surface area contributed by atoms with Crippen LogP contribution in [0.4, 0.5) is 4.79 Å². The largest absolute Gasteiger partial charge is 0.444 e. The van der Waals surface area contributed by atoms with E-state index in [1.807, 2.05) is 32.9 Å². The lowest BCUT2D eigenvalue weighted by atomic mass is 10.2. The number of amides is 1. The van der Waals surface area contributed by atoms with Crippen molar-refractivity contribution in [1.82, 2.24) is 5.32 Å². The van der Waals surface area contributed by atoms with E-state index in [1.165, 1.54) is 10.4 Å². The minimum absolute atomic E-state index is 0.0473. The van der Waals surface area contributed by atoms with Crippen molar-refractivity contribution in [2.75, 3.05) is 13.2 Å². The molecule has 5 heteroatoms. The molecule has 29 heavy (non-hydrogen) atoms. The van der Waals surface area contributed by atoms with Crippen LogP contribution < -0.4 is 15.7 Å². The molecule has 1 N–H and O–H groups in total. The molecular formula is C24H35NO3Si. The third kappa shape index (κ3) is 6.18. The predicted molar refractivity (Wildman–Crippen MR) is 122 cm³/mol. The molecule has 0 saturated heterocycles. The van der Waals surface area contributed by atoms with Gasteiger partial charge in [-0.3, -0.25) is 0 Å². The zero-order valence-corrected chi connectivity index (χ0v) is 19.6. The Morgan fingerprint density at radius 2 is 1.34 bits per heavy atom. The van der Waals surface area contributed by atoms with Gasteiger partial charge in [-0.15, -0.1) is 0 Å². The Hall–Kier alpha value is -2.11. The summed E-state index contributed by atoms with van der Waals surface area (Å²) in [7, 11) is -2.51. The van der Waals surface area contributed by atoms with Crippen molar-refractivity contribution >= 4 is 24.8 Å². The van der Waals surface area contributed by atoms with Crippen LogP contribution in [0.2, 0.25) is 5.04 Å². The molecule has 2 rings (SSSR count). The van der Waals surface area contributed by atoms with Crippen molar-refractivity contribution in [1.29, 1.82) is 0 Å². The molecule has 2 aromatic rings. The van der Waals surface area contributed by atoms with Crippen molar-refractivity contribution in [3.8, 4) is 0 Å². The summed E-state index contributed by atoms with van der Waals surface area (Å²) in [5.74, 6) is 0. The molecule has 2 aromatic carbocycles. The van der Waals surface area contributed by atoms with Crippen LogP contribution in [0.15, 0.2) is 60.7 Å². The fourth-order valence-electron chi connectivity index (χ4n) is 3.56. The summed E-state index contributed by atoms with van der Waals surface area (Å²) in [5.41, 5.74) is -0.491. The molecule has 0 aliphatic carbocycles. The van der Waals surface area contributed by atoms with E-state index in [4.69, 9.17) is 9.16 Å². The first-order valence-electron chi connectivity index (χ1n) is 10.3. The number of carbonyl (C=O) groups excluding carboxylic acids is 1. The highest BCUT2D eigenvalue weighted by Crippen LogP contribution is 2.36. The molecular weight excluding hydrogens is 378 g/mol. The van der Waals surface area contributed by atoms with E-state index in [1.54, 1.807) is 0 Å². The molecule has 0 unspecified atom stereocenters. The number of ether oxygens (including phenoxy) is 1. The van der Waals surface area contributed by atoms with Crippen molar-refractivity contribution in [3.63, 3.8) is 0 Å². The van der Waals surface area contributed by atoms with Gasteiger partial charge < -0.3 is 14.5 Å². The molecule has 0 heterocycles. The first-order chi connectivity index (χ1) is 13.6. The molecule has 0 spiro atoms. The Labute approximate surface area is 176 Å². The summed E-state index contributed by atoms with van der Waals surface area (Å²) in [6.45, 7) is 13.5. The fraction of sp³-hybridized carbons (Fsp3) is 0.458. The predicted octanol–water partition coefficient (Wildman–Crippen LogP) is 4.48. The maximum Gasteiger partial charge on any atom is 0.407 e. The van der Waals surface area contributed by atoms with Gasteiger partial charge in [0.2, 0.25) is 0 Å². The lowest BCUT2D eigenvalue weighted by molar-refractivity contribution is 0.0525. The van der Waals surface area contributed by atoms with Gasteiger partial charge in [0.1, 0.15) is 5.60 Å². The van der Waals surface area contributed by atoms with Gasteiger partial charge in [0.15, 0.2) is 0 Å². The Morgan fingerprint density at radius 3 is 1.76 bits per heavy atom. The van der Waals surface area contributed by atoms with Gasteiger partial charge in [0.05, 0.1) is 0 Å². The van der Waals surface area contributed by atoms with Crippen LogP contribution in [-0.4, -0.2) is 33.2 Å². The number of rotatable bonds is 7. The molecule has 0 aromatic heterocycles. The van der Waals surface area contributed by atoms with Crippen molar-refractivity contribution < 1.29 is 14.0 Å². The summed E-state index contributed by atoms with van der Waals surface area (Å²) in [6, 6.07) is 21.2. The third-order valence-electron chi connectivity index (χ3n) is 4.72. The lowest BCUT2D eigenvalue weighted by Crippen LogP contribution is -2.66. The monoisotopic (exact) mass is 413 g/mol. The Balaban J connectivity index is 2.16. The van der Waals surface area contributed by atoms with E-state index in [0.717, 1.165) is 6.42 Å². The summed E-state index contributed by atoms with van der Waals surface area (Å²) >= 11 is 0. The molecule has 1 amide bonds. The maximum atomic E-state index is 11.9. The number of nitrogens with one attached hydrogen (secondary N) is 1. The Bertz CT molecular complexity index is 725. The molecule has 158 valence electrons. The molecule has 0 fully saturated rings. The molecule has 4 nitrogen and oxygen atoms in total. The fourth-order valence-corrected chi connectivity index (χ4v) is 8.17. The van der Waals surface area contributed by atoms with E-state index < -0.39 is 13.9 Å². The molecule has 0 atom stereocenters. The second kappa shape index (κ2) is 9.59. The first kappa shape index (κ1) is 23.2.